The van der Waals surface area contributed by atoms with Crippen molar-refractivity contribution >= 4 is 38.7 Å². The molecule has 10 heteroatoms. The zero-order valence-electron chi connectivity index (χ0n) is 18.8. The standard InChI is InChI=1S/C23H26ClN3O5S/c1-23(2)11-10-12-6-5-7-13(12)22(23)26-17-16(19(29)20(17)30)25-15-9-8-14(24)21(18(15)28)33(31,32)27(3)4/h5,7-9,22,25-26,28H,6,10-11H2,1-4H3. The third-order valence-electron chi connectivity index (χ3n) is 6.51. The number of rotatable bonds is 6. The fraction of sp³-hybridized carbons (Fsp3) is 0.391. The predicted octanol–water partition coefficient (Wildman–Crippen LogP) is 3.49. The van der Waals surface area contributed by atoms with Gasteiger partial charge in [-0.3, -0.25) is 9.59 Å². The maximum absolute atomic E-state index is 12.6. The molecular weight excluding hydrogens is 466 g/mol. The Balaban J connectivity index is 1.72. The second kappa shape index (κ2) is 8.00. The Labute approximate surface area is 197 Å². The summed E-state index contributed by atoms with van der Waals surface area (Å²) in [6, 6.07) is 2.51. The molecule has 2 aliphatic carbocycles. The van der Waals surface area contributed by atoms with Crippen molar-refractivity contribution in [3.63, 3.8) is 0 Å². The minimum atomic E-state index is -4.06. The summed E-state index contributed by atoms with van der Waals surface area (Å²) in [4.78, 5) is 24.4. The van der Waals surface area contributed by atoms with E-state index in [4.69, 9.17) is 11.6 Å². The quantitative estimate of drug-likeness (QED) is 0.418. The molecule has 8 nitrogen and oxygen atoms in total. The minimum Gasteiger partial charge on any atom is -0.504 e. The lowest BCUT2D eigenvalue weighted by Crippen LogP contribution is -2.45. The maximum Gasteiger partial charge on any atom is 0.253 e. The van der Waals surface area contributed by atoms with E-state index in [1.807, 2.05) is 0 Å². The van der Waals surface area contributed by atoms with Crippen molar-refractivity contribution in [2.24, 2.45) is 5.41 Å². The van der Waals surface area contributed by atoms with E-state index in [-0.39, 0.29) is 33.5 Å². The number of hydrogen-bond acceptors (Lipinski definition) is 7. The molecule has 0 saturated heterocycles. The van der Waals surface area contributed by atoms with E-state index in [1.165, 1.54) is 31.8 Å². The molecule has 4 rings (SSSR count). The topological polar surface area (TPSA) is 116 Å². The van der Waals surface area contributed by atoms with Gasteiger partial charge in [0.1, 0.15) is 16.3 Å². The number of benzene rings is 1. The Morgan fingerprint density at radius 2 is 1.82 bits per heavy atom. The van der Waals surface area contributed by atoms with E-state index < -0.39 is 31.5 Å². The highest BCUT2D eigenvalue weighted by atomic mass is 35.5. The largest absolute Gasteiger partial charge is 0.504 e. The molecular formula is C23H26ClN3O5S. The van der Waals surface area contributed by atoms with Gasteiger partial charge in [0.25, 0.3) is 10.9 Å². The van der Waals surface area contributed by atoms with Crippen LogP contribution in [0.1, 0.15) is 33.1 Å². The Morgan fingerprint density at radius 3 is 2.48 bits per heavy atom. The molecule has 0 aliphatic heterocycles. The molecule has 1 unspecified atom stereocenters. The summed E-state index contributed by atoms with van der Waals surface area (Å²) in [6.07, 6.45) is 6.98. The number of phenols is 1. The van der Waals surface area contributed by atoms with Gasteiger partial charge < -0.3 is 15.7 Å². The zero-order valence-corrected chi connectivity index (χ0v) is 20.4. The van der Waals surface area contributed by atoms with E-state index in [0.717, 1.165) is 29.1 Å². The number of allylic oxidation sites excluding steroid dienone is 2. The molecule has 0 fully saturated rings. The van der Waals surface area contributed by atoms with Crippen LogP contribution in [0, 0.1) is 5.41 Å². The van der Waals surface area contributed by atoms with Crippen molar-refractivity contribution in [2.45, 2.75) is 44.0 Å². The van der Waals surface area contributed by atoms with Crippen LogP contribution in [0.25, 0.3) is 0 Å². The molecule has 1 atom stereocenters. The summed E-state index contributed by atoms with van der Waals surface area (Å²) in [6.45, 7) is 4.23. The highest BCUT2D eigenvalue weighted by molar-refractivity contribution is 7.89. The van der Waals surface area contributed by atoms with Gasteiger partial charge in [-0.25, -0.2) is 12.7 Å². The highest BCUT2D eigenvalue weighted by Gasteiger charge is 2.39. The molecule has 2 aromatic carbocycles. The second-order valence-corrected chi connectivity index (χ2v) is 11.8. The molecule has 0 radical (unpaired) electrons. The number of sulfonamides is 1. The van der Waals surface area contributed by atoms with Crippen LogP contribution < -0.4 is 21.5 Å². The highest BCUT2D eigenvalue weighted by Crippen LogP contribution is 2.45. The number of hydrogen-bond donors (Lipinski definition) is 3. The van der Waals surface area contributed by atoms with Crippen LogP contribution in [0.4, 0.5) is 17.1 Å². The lowest BCUT2D eigenvalue weighted by Gasteiger charge is -2.41. The lowest BCUT2D eigenvalue weighted by molar-refractivity contribution is 0.290. The number of nitrogens with zero attached hydrogens (tertiary/aromatic N) is 1. The molecule has 0 bridgehead atoms. The fourth-order valence-corrected chi connectivity index (χ4v) is 5.90. The van der Waals surface area contributed by atoms with Gasteiger partial charge in [0.15, 0.2) is 5.75 Å². The lowest BCUT2D eigenvalue weighted by atomic mass is 9.70. The zero-order chi connectivity index (χ0) is 24.3. The van der Waals surface area contributed by atoms with Gasteiger partial charge in [-0.15, -0.1) is 0 Å². The van der Waals surface area contributed by atoms with Gasteiger partial charge in [0.05, 0.1) is 16.8 Å². The molecule has 0 spiro atoms. The van der Waals surface area contributed by atoms with Crippen molar-refractivity contribution in [1.82, 2.24) is 4.31 Å². The molecule has 0 aromatic heterocycles. The third-order valence-corrected chi connectivity index (χ3v) is 8.83. The van der Waals surface area contributed by atoms with Crippen LogP contribution in [-0.2, 0) is 10.0 Å². The first-order valence-electron chi connectivity index (χ1n) is 10.6. The van der Waals surface area contributed by atoms with Crippen molar-refractivity contribution < 1.29 is 13.5 Å². The number of phenolic OH excluding ortho intramolecular Hbond substituents is 1. The van der Waals surface area contributed by atoms with Crippen LogP contribution >= 0.6 is 11.6 Å². The van der Waals surface area contributed by atoms with E-state index >= 15 is 0 Å². The minimum absolute atomic E-state index is 0.0173. The Kier molecular flexibility index (Phi) is 5.71. The van der Waals surface area contributed by atoms with Gasteiger partial charge >= 0.3 is 0 Å². The maximum atomic E-state index is 12.6. The van der Waals surface area contributed by atoms with Crippen molar-refractivity contribution in [3.05, 3.63) is 60.9 Å². The summed E-state index contributed by atoms with van der Waals surface area (Å²) in [5, 5.41) is 16.5. The number of aromatic hydroxyl groups is 1. The first-order valence-corrected chi connectivity index (χ1v) is 12.4. The van der Waals surface area contributed by atoms with Gasteiger partial charge in [0.2, 0.25) is 10.0 Å². The summed E-state index contributed by atoms with van der Waals surface area (Å²) >= 11 is 6.06. The van der Waals surface area contributed by atoms with Crippen LogP contribution in [0.3, 0.4) is 0 Å². The van der Waals surface area contributed by atoms with Crippen molar-refractivity contribution in [1.29, 1.82) is 0 Å². The molecule has 0 heterocycles. The third kappa shape index (κ3) is 3.78. The van der Waals surface area contributed by atoms with Crippen LogP contribution in [0.15, 0.2) is 49.9 Å². The Hall–Kier alpha value is -2.62. The van der Waals surface area contributed by atoms with Gasteiger partial charge in [-0.1, -0.05) is 43.2 Å². The van der Waals surface area contributed by atoms with Crippen LogP contribution in [-0.4, -0.2) is 38.0 Å². The smallest absolute Gasteiger partial charge is 0.253 e. The van der Waals surface area contributed by atoms with Gasteiger partial charge in [0, 0.05) is 14.1 Å². The van der Waals surface area contributed by atoms with E-state index in [0.29, 0.717) is 0 Å². The number of nitrogens with one attached hydrogen (secondary N) is 2. The Bertz CT molecular complexity index is 1380. The Morgan fingerprint density at radius 1 is 1.15 bits per heavy atom. The average Bonchev–Trinajstić information content (AvgIpc) is 3.21. The molecule has 33 heavy (non-hydrogen) atoms. The average molecular weight is 492 g/mol. The molecule has 2 aromatic rings. The molecule has 0 amide bonds. The van der Waals surface area contributed by atoms with Crippen molar-refractivity contribution in [3.8, 4) is 5.75 Å². The first kappa shape index (κ1) is 23.5. The van der Waals surface area contributed by atoms with E-state index in [2.05, 4.69) is 36.6 Å². The molecule has 3 N–H and O–H groups in total. The van der Waals surface area contributed by atoms with Gasteiger partial charge in [-0.2, -0.15) is 0 Å². The number of anilines is 3. The SMILES string of the molecule is CN(C)S(=O)(=O)c1c(Cl)ccc(Nc2c(NC3C4=C(CC=C4)CCC3(C)C)c(=O)c2=O)c1O. The second-order valence-electron chi connectivity index (χ2n) is 9.32. The fourth-order valence-electron chi connectivity index (χ4n) is 4.43. The van der Waals surface area contributed by atoms with Crippen LogP contribution in [0.2, 0.25) is 5.02 Å². The van der Waals surface area contributed by atoms with Crippen LogP contribution in [0.5, 0.6) is 5.75 Å². The number of halogens is 1. The monoisotopic (exact) mass is 491 g/mol. The summed E-state index contributed by atoms with van der Waals surface area (Å²) in [5.74, 6) is -0.628. The normalized spacial score (nSPS) is 19.9. The molecule has 0 saturated carbocycles. The van der Waals surface area contributed by atoms with E-state index in [1.54, 1.807) is 0 Å². The van der Waals surface area contributed by atoms with Crippen molar-refractivity contribution in [2.75, 3.05) is 24.7 Å². The predicted molar refractivity (Wildman–Crippen MR) is 130 cm³/mol. The molecule has 176 valence electrons. The van der Waals surface area contributed by atoms with Gasteiger partial charge in [-0.05, 0) is 42.4 Å². The first-order chi connectivity index (χ1) is 15.4. The van der Waals surface area contributed by atoms with E-state index in [9.17, 15) is 23.1 Å². The summed E-state index contributed by atoms with van der Waals surface area (Å²) in [5.41, 5.74) is 0.979. The summed E-state index contributed by atoms with van der Waals surface area (Å²) < 4.78 is 26.1. The molecule has 2 aliphatic rings. The summed E-state index contributed by atoms with van der Waals surface area (Å²) in [7, 11) is -1.43.